The molecule has 2 amide bonds. The second kappa shape index (κ2) is 6.18. The molecule has 0 saturated carbocycles. The number of aryl methyl sites for hydroxylation is 1. The predicted octanol–water partition coefficient (Wildman–Crippen LogP) is 3.21. The van der Waals surface area contributed by atoms with Gasteiger partial charge < -0.3 is 10.2 Å². The van der Waals surface area contributed by atoms with Crippen molar-refractivity contribution in [3.63, 3.8) is 0 Å². The summed E-state index contributed by atoms with van der Waals surface area (Å²) in [5.41, 5.74) is 0.805. The lowest BCUT2D eigenvalue weighted by molar-refractivity contribution is -0.122. The number of nitrogens with zero attached hydrogens (tertiary/aromatic N) is 2. The summed E-state index contributed by atoms with van der Waals surface area (Å²) in [4.78, 5) is 31.3. The molecule has 0 radical (unpaired) electrons. The molecule has 1 aromatic carbocycles. The molecule has 2 heterocycles. The molecule has 22 heavy (non-hydrogen) atoms. The second-order valence-electron chi connectivity index (χ2n) is 5.15. The van der Waals surface area contributed by atoms with Crippen molar-refractivity contribution < 1.29 is 9.59 Å². The molecule has 1 atom stereocenters. The fraction of sp³-hybridized carbons (Fsp3) is 0.267. The first kappa shape index (κ1) is 15.2. The highest BCUT2D eigenvalue weighted by atomic mass is 79.9. The van der Waals surface area contributed by atoms with Gasteiger partial charge in [-0.15, -0.1) is 11.3 Å². The van der Waals surface area contributed by atoms with E-state index >= 15 is 0 Å². The van der Waals surface area contributed by atoms with Gasteiger partial charge in [0.05, 0.1) is 5.92 Å². The number of halogens is 1. The minimum atomic E-state index is -0.351. The molecule has 0 aliphatic carbocycles. The average molecular weight is 380 g/mol. The number of anilines is 2. The van der Waals surface area contributed by atoms with E-state index < -0.39 is 0 Å². The van der Waals surface area contributed by atoms with Crippen LogP contribution in [0, 0.1) is 12.8 Å². The number of nitrogens with one attached hydrogen (secondary N) is 1. The third-order valence-corrected chi connectivity index (χ3v) is 4.79. The molecule has 114 valence electrons. The highest BCUT2D eigenvalue weighted by molar-refractivity contribution is 9.10. The van der Waals surface area contributed by atoms with E-state index in [1.807, 2.05) is 31.2 Å². The van der Waals surface area contributed by atoms with Crippen LogP contribution in [0.1, 0.15) is 11.3 Å². The summed E-state index contributed by atoms with van der Waals surface area (Å²) in [6, 6.07) is 7.52. The molecule has 1 aromatic heterocycles. The summed E-state index contributed by atoms with van der Waals surface area (Å²) in [5.74, 6) is -0.538. The molecule has 1 aliphatic heterocycles. The Labute approximate surface area is 140 Å². The Kier molecular flexibility index (Phi) is 4.26. The van der Waals surface area contributed by atoms with E-state index in [0.717, 1.165) is 15.0 Å². The Hall–Kier alpha value is -1.73. The normalized spacial score (nSPS) is 17.8. The van der Waals surface area contributed by atoms with E-state index in [-0.39, 0.29) is 24.2 Å². The van der Waals surface area contributed by atoms with E-state index in [1.54, 1.807) is 11.1 Å². The molecule has 3 rings (SSSR count). The highest BCUT2D eigenvalue weighted by Crippen LogP contribution is 2.28. The molecule has 7 heteroatoms. The van der Waals surface area contributed by atoms with Gasteiger partial charge in [0.1, 0.15) is 0 Å². The molecule has 0 spiro atoms. The smallest absolute Gasteiger partial charge is 0.231 e. The minimum Gasteiger partial charge on any atom is -0.312 e. The van der Waals surface area contributed by atoms with Crippen LogP contribution in [0.3, 0.4) is 0 Å². The Morgan fingerprint density at radius 2 is 2.32 bits per heavy atom. The average Bonchev–Trinajstić information content (AvgIpc) is 3.05. The van der Waals surface area contributed by atoms with Gasteiger partial charge in [-0.2, -0.15) is 0 Å². The maximum Gasteiger partial charge on any atom is 0.231 e. The SMILES string of the molecule is Cc1cnc(NC(=O)[C@@H]2CC(=O)N(c3cccc(Br)c3)C2)s1. The van der Waals surface area contributed by atoms with Crippen LogP contribution >= 0.6 is 27.3 Å². The van der Waals surface area contributed by atoms with Crippen LogP contribution < -0.4 is 10.2 Å². The van der Waals surface area contributed by atoms with Crippen LogP contribution in [0.15, 0.2) is 34.9 Å². The largest absolute Gasteiger partial charge is 0.312 e. The number of benzene rings is 1. The highest BCUT2D eigenvalue weighted by Gasteiger charge is 2.35. The molecule has 1 fully saturated rings. The molecular formula is C15H14BrN3O2S. The maximum atomic E-state index is 12.3. The van der Waals surface area contributed by atoms with E-state index in [1.165, 1.54) is 11.3 Å². The van der Waals surface area contributed by atoms with Gasteiger partial charge in [0.15, 0.2) is 5.13 Å². The molecule has 2 aromatic rings. The topological polar surface area (TPSA) is 62.3 Å². The van der Waals surface area contributed by atoms with Gasteiger partial charge in [0, 0.05) is 34.2 Å². The maximum absolute atomic E-state index is 12.3. The van der Waals surface area contributed by atoms with Crippen molar-refractivity contribution in [2.75, 3.05) is 16.8 Å². The van der Waals surface area contributed by atoms with Crippen LogP contribution in [0.2, 0.25) is 0 Å². The Balaban J connectivity index is 1.70. The van der Waals surface area contributed by atoms with Crippen LogP contribution in [-0.2, 0) is 9.59 Å². The first-order valence-corrected chi connectivity index (χ1v) is 8.43. The van der Waals surface area contributed by atoms with Gasteiger partial charge in [0.2, 0.25) is 11.8 Å². The Morgan fingerprint density at radius 3 is 3.00 bits per heavy atom. The van der Waals surface area contributed by atoms with Gasteiger partial charge in [-0.25, -0.2) is 4.98 Å². The number of aromatic nitrogens is 1. The Morgan fingerprint density at radius 1 is 1.50 bits per heavy atom. The van der Waals surface area contributed by atoms with Crippen molar-refractivity contribution in [3.05, 3.63) is 39.8 Å². The fourth-order valence-electron chi connectivity index (χ4n) is 2.40. The van der Waals surface area contributed by atoms with E-state index in [9.17, 15) is 9.59 Å². The first-order chi connectivity index (χ1) is 10.5. The summed E-state index contributed by atoms with van der Waals surface area (Å²) in [5, 5.41) is 3.37. The zero-order valence-electron chi connectivity index (χ0n) is 11.9. The number of amides is 2. The van der Waals surface area contributed by atoms with Crippen molar-refractivity contribution in [1.29, 1.82) is 0 Å². The van der Waals surface area contributed by atoms with Gasteiger partial charge in [0.25, 0.3) is 0 Å². The number of hydrogen-bond acceptors (Lipinski definition) is 4. The van der Waals surface area contributed by atoms with Crippen molar-refractivity contribution in [1.82, 2.24) is 4.98 Å². The molecule has 0 unspecified atom stereocenters. The third kappa shape index (κ3) is 3.20. The molecule has 5 nitrogen and oxygen atoms in total. The van der Waals surface area contributed by atoms with Crippen LogP contribution in [0.5, 0.6) is 0 Å². The summed E-state index contributed by atoms with van der Waals surface area (Å²) >= 11 is 4.82. The van der Waals surface area contributed by atoms with Crippen molar-refractivity contribution in [2.24, 2.45) is 5.92 Å². The predicted molar refractivity (Wildman–Crippen MR) is 90.1 cm³/mol. The fourth-order valence-corrected chi connectivity index (χ4v) is 3.45. The summed E-state index contributed by atoms with van der Waals surface area (Å²) < 4.78 is 0.906. The molecule has 1 saturated heterocycles. The standard InChI is InChI=1S/C15H14BrN3O2S/c1-9-7-17-15(22-9)18-14(21)10-5-13(20)19(8-10)12-4-2-3-11(16)6-12/h2-4,6-7,10H,5,8H2,1H3,(H,17,18,21)/t10-/m1/s1. The van der Waals surface area contributed by atoms with Gasteiger partial charge in [-0.05, 0) is 25.1 Å². The van der Waals surface area contributed by atoms with E-state index in [4.69, 9.17) is 0 Å². The number of carbonyl (C=O) groups excluding carboxylic acids is 2. The molecular weight excluding hydrogens is 366 g/mol. The van der Waals surface area contributed by atoms with Crippen LogP contribution in [0.25, 0.3) is 0 Å². The van der Waals surface area contributed by atoms with Crippen molar-refractivity contribution in [3.8, 4) is 0 Å². The van der Waals surface area contributed by atoms with Crippen molar-refractivity contribution >= 4 is 49.9 Å². The minimum absolute atomic E-state index is 0.0337. The number of thiazole rings is 1. The first-order valence-electron chi connectivity index (χ1n) is 6.82. The van der Waals surface area contributed by atoms with E-state index in [0.29, 0.717) is 11.7 Å². The Bertz CT molecular complexity index is 731. The summed E-state index contributed by atoms with van der Waals surface area (Å²) in [6.07, 6.45) is 1.94. The second-order valence-corrected chi connectivity index (χ2v) is 7.30. The lowest BCUT2D eigenvalue weighted by Gasteiger charge is -2.16. The zero-order chi connectivity index (χ0) is 15.7. The van der Waals surface area contributed by atoms with Gasteiger partial charge in [-0.1, -0.05) is 22.0 Å². The lowest BCUT2D eigenvalue weighted by atomic mass is 10.1. The molecule has 1 N–H and O–H groups in total. The monoisotopic (exact) mass is 379 g/mol. The summed E-state index contributed by atoms with van der Waals surface area (Å²) in [7, 11) is 0. The van der Waals surface area contributed by atoms with Gasteiger partial charge in [-0.3, -0.25) is 9.59 Å². The molecule has 1 aliphatic rings. The third-order valence-electron chi connectivity index (χ3n) is 3.47. The number of hydrogen-bond donors (Lipinski definition) is 1. The molecule has 0 bridgehead atoms. The summed E-state index contributed by atoms with van der Waals surface area (Å²) in [6.45, 7) is 2.33. The van der Waals surface area contributed by atoms with Crippen LogP contribution in [0.4, 0.5) is 10.8 Å². The van der Waals surface area contributed by atoms with Crippen molar-refractivity contribution in [2.45, 2.75) is 13.3 Å². The zero-order valence-corrected chi connectivity index (χ0v) is 14.3. The van der Waals surface area contributed by atoms with Crippen LogP contribution in [-0.4, -0.2) is 23.3 Å². The van der Waals surface area contributed by atoms with Gasteiger partial charge >= 0.3 is 0 Å². The number of rotatable bonds is 3. The number of carbonyl (C=O) groups is 2. The quantitative estimate of drug-likeness (QED) is 0.890. The lowest BCUT2D eigenvalue weighted by Crippen LogP contribution is -2.28. The van der Waals surface area contributed by atoms with E-state index in [2.05, 4.69) is 26.2 Å².